The van der Waals surface area contributed by atoms with Gasteiger partial charge in [-0.3, -0.25) is 10.1 Å². The van der Waals surface area contributed by atoms with Gasteiger partial charge in [-0.25, -0.2) is 9.97 Å². The smallest absolute Gasteiger partial charge is 0.307 e. The second-order valence-electron chi connectivity index (χ2n) is 7.31. The SMILES string of the molecule is COc1cc(F)c([N+](=O)[O-])cc1Nc1ncnc(-c2c(-c3ccccc3)[nH]c3ccccc23)n1. The first-order valence-electron chi connectivity index (χ1n) is 10.2. The van der Waals surface area contributed by atoms with Crippen LogP contribution in [-0.2, 0) is 0 Å². The summed E-state index contributed by atoms with van der Waals surface area (Å²) in [6.07, 6.45) is 1.34. The van der Waals surface area contributed by atoms with Gasteiger partial charge in [0.15, 0.2) is 5.82 Å². The van der Waals surface area contributed by atoms with Crippen molar-refractivity contribution < 1.29 is 14.1 Å². The fraction of sp³-hybridized carbons (Fsp3) is 0.0417. The largest absolute Gasteiger partial charge is 0.494 e. The van der Waals surface area contributed by atoms with Crippen LogP contribution in [-0.4, -0.2) is 32.0 Å². The van der Waals surface area contributed by atoms with Gasteiger partial charge >= 0.3 is 5.69 Å². The van der Waals surface area contributed by atoms with Crippen molar-refractivity contribution in [3.63, 3.8) is 0 Å². The summed E-state index contributed by atoms with van der Waals surface area (Å²) < 4.78 is 19.2. The van der Waals surface area contributed by atoms with Gasteiger partial charge < -0.3 is 15.0 Å². The third kappa shape index (κ3) is 3.77. The van der Waals surface area contributed by atoms with Crippen LogP contribution in [0.25, 0.3) is 33.5 Å². The molecule has 2 heterocycles. The summed E-state index contributed by atoms with van der Waals surface area (Å²) >= 11 is 0. The highest BCUT2D eigenvalue weighted by atomic mass is 19.1. The minimum atomic E-state index is -1.00. The molecule has 2 aromatic heterocycles. The number of nitrogens with one attached hydrogen (secondary N) is 2. The van der Waals surface area contributed by atoms with E-state index in [2.05, 4.69) is 25.3 Å². The standard InChI is InChI=1S/C24H17FN6O3/c1-34-20-11-16(25)19(31(32)33)12-18(20)29-24-27-13-26-23(30-24)21-15-9-5-6-10-17(15)28-22(21)14-7-3-2-4-8-14/h2-13,28H,1H3,(H,26,27,29,30). The molecule has 10 heteroatoms. The van der Waals surface area contributed by atoms with Gasteiger partial charge in [0.1, 0.15) is 12.1 Å². The molecule has 2 N–H and O–H groups in total. The molecule has 3 aromatic carbocycles. The van der Waals surface area contributed by atoms with Crippen LogP contribution in [0.2, 0.25) is 0 Å². The second kappa shape index (κ2) is 8.58. The maximum Gasteiger partial charge on any atom is 0.307 e. The quantitative estimate of drug-likeness (QED) is 0.256. The van der Waals surface area contributed by atoms with Gasteiger partial charge in [0, 0.05) is 23.0 Å². The van der Waals surface area contributed by atoms with E-state index in [1.165, 1.54) is 13.4 Å². The average Bonchev–Trinajstić information content (AvgIpc) is 3.25. The molecule has 0 amide bonds. The lowest BCUT2D eigenvalue weighted by atomic mass is 10.0. The summed E-state index contributed by atoms with van der Waals surface area (Å²) in [6, 6.07) is 19.6. The van der Waals surface area contributed by atoms with Gasteiger partial charge in [-0.2, -0.15) is 9.37 Å². The average molecular weight is 456 g/mol. The first kappa shape index (κ1) is 21.0. The molecule has 0 spiro atoms. The zero-order valence-corrected chi connectivity index (χ0v) is 17.8. The van der Waals surface area contributed by atoms with Crippen molar-refractivity contribution in [1.82, 2.24) is 19.9 Å². The maximum atomic E-state index is 14.0. The number of H-pyrrole nitrogens is 1. The van der Waals surface area contributed by atoms with Crippen LogP contribution in [0, 0.1) is 15.9 Å². The predicted molar refractivity (Wildman–Crippen MR) is 125 cm³/mol. The molecule has 0 radical (unpaired) electrons. The Hall–Kier alpha value is -4.86. The van der Waals surface area contributed by atoms with Crippen molar-refractivity contribution in [3.8, 4) is 28.4 Å². The fourth-order valence-electron chi connectivity index (χ4n) is 3.74. The van der Waals surface area contributed by atoms with E-state index >= 15 is 0 Å². The Morgan fingerprint density at radius 1 is 1.06 bits per heavy atom. The number of rotatable bonds is 6. The minimum Gasteiger partial charge on any atom is -0.494 e. The molecule has 0 saturated heterocycles. The first-order valence-corrected chi connectivity index (χ1v) is 10.2. The number of nitrogens with zero attached hydrogens (tertiary/aromatic N) is 4. The number of nitro benzene ring substituents is 1. The molecule has 0 fully saturated rings. The Bertz CT molecular complexity index is 1520. The number of hydrogen-bond donors (Lipinski definition) is 2. The Labute approximate surface area is 192 Å². The van der Waals surface area contributed by atoms with E-state index in [1.807, 2.05) is 54.6 Å². The van der Waals surface area contributed by atoms with Crippen molar-refractivity contribution in [3.05, 3.63) is 89.0 Å². The van der Waals surface area contributed by atoms with E-state index in [0.717, 1.165) is 39.9 Å². The number of ether oxygens (including phenoxy) is 1. The molecule has 34 heavy (non-hydrogen) atoms. The molecule has 5 rings (SSSR count). The van der Waals surface area contributed by atoms with E-state index < -0.39 is 16.4 Å². The van der Waals surface area contributed by atoms with Crippen LogP contribution in [0.1, 0.15) is 0 Å². The lowest BCUT2D eigenvalue weighted by Crippen LogP contribution is -2.03. The van der Waals surface area contributed by atoms with Gasteiger partial charge in [0.05, 0.1) is 29.0 Å². The van der Waals surface area contributed by atoms with Crippen molar-refractivity contribution in [2.75, 3.05) is 12.4 Å². The van der Waals surface area contributed by atoms with Gasteiger partial charge in [0.2, 0.25) is 11.8 Å². The van der Waals surface area contributed by atoms with Crippen LogP contribution in [0.4, 0.5) is 21.7 Å². The lowest BCUT2D eigenvalue weighted by molar-refractivity contribution is -0.387. The normalized spacial score (nSPS) is 10.9. The third-order valence-corrected chi connectivity index (χ3v) is 5.28. The predicted octanol–water partition coefficient (Wildman–Crippen LogP) is 5.49. The van der Waals surface area contributed by atoms with Crippen molar-refractivity contribution in [2.24, 2.45) is 0 Å². The molecule has 0 aliphatic rings. The highest BCUT2D eigenvalue weighted by Gasteiger charge is 2.21. The van der Waals surface area contributed by atoms with Crippen molar-refractivity contribution in [1.29, 1.82) is 0 Å². The number of methoxy groups -OCH3 is 1. The topological polar surface area (TPSA) is 119 Å². The third-order valence-electron chi connectivity index (χ3n) is 5.28. The van der Waals surface area contributed by atoms with Crippen LogP contribution >= 0.6 is 0 Å². The van der Waals surface area contributed by atoms with Gasteiger partial charge in [-0.15, -0.1) is 0 Å². The fourth-order valence-corrected chi connectivity index (χ4v) is 3.74. The minimum absolute atomic E-state index is 0.0714. The van der Waals surface area contributed by atoms with Gasteiger partial charge in [-0.1, -0.05) is 48.5 Å². The Kier molecular flexibility index (Phi) is 5.30. The summed E-state index contributed by atoms with van der Waals surface area (Å²) in [4.78, 5) is 26.9. The summed E-state index contributed by atoms with van der Waals surface area (Å²) in [5, 5.41) is 15.0. The zero-order valence-electron chi connectivity index (χ0n) is 17.8. The van der Waals surface area contributed by atoms with Crippen LogP contribution < -0.4 is 10.1 Å². The molecule has 9 nitrogen and oxygen atoms in total. The highest BCUT2D eigenvalue weighted by Crippen LogP contribution is 2.37. The molecule has 0 aliphatic heterocycles. The summed E-state index contributed by atoms with van der Waals surface area (Å²) in [5.74, 6) is -0.421. The van der Waals surface area contributed by atoms with Gasteiger partial charge in [0.25, 0.3) is 0 Å². The zero-order chi connectivity index (χ0) is 23.7. The Morgan fingerprint density at radius 3 is 2.59 bits per heavy atom. The van der Waals surface area contributed by atoms with E-state index in [1.54, 1.807) is 0 Å². The first-order chi connectivity index (χ1) is 16.5. The number of aromatic nitrogens is 4. The summed E-state index contributed by atoms with van der Waals surface area (Å²) in [6.45, 7) is 0. The van der Waals surface area contributed by atoms with E-state index in [9.17, 15) is 14.5 Å². The van der Waals surface area contributed by atoms with Crippen molar-refractivity contribution >= 4 is 28.2 Å². The number of aromatic amines is 1. The van der Waals surface area contributed by atoms with Crippen LogP contribution in [0.3, 0.4) is 0 Å². The second-order valence-corrected chi connectivity index (χ2v) is 7.31. The molecule has 168 valence electrons. The summed E-state index contributed by atoms with van der Waals surface area (Å²) in [5.41, 5.74) is 2.95. The number of benzene rings is 3. The van der Waals surface area contributed by atoms with Crippen molar-refractivity contribution in [2.45, 2.75) is 0 Å². The lowest BCUT2D eigenvalue weighted by Gasteiger charge is -2.11. The van der Waals surface area contributed by atoms with Gasteiger partial charge in [-0.05, 0) is 11.6 Å². The number of fused-ring (bicyclic) bond motifs is 1. The molecule has 5 aromatic rings. The molecule has 0 bridgehead atoms. The Balaban J connectivity index is 1.62. The molecule has 0 unspecified atom stereocenters. The summed E-state index contributed by atoms with van der Waals surface area (Å²) in [7, 11) is 1.34. The highest BCUT2D eigenvalue weighted by molar-refractivity contribution is 6.02. The number of halogens is 1. The number of hydrogen-bond acceptors (Lipinski definition) is 7. The van der Waals surface area contributed by atoms with E-state index in [-0.39, 0.29) is 17.4 Å². The molecular formula is C24H17FN6O3. The van der Waals surface area contributed by atoms with Crippen LogP contribution in [0.5, 0.6) is 5.75 Å². The molecule has 0 aliphatic carbocycles. The van der Waals surface area contributed by atoms with E-state index in [4.69, 9.17) is 4.74 Å². The monoisotopic (exact) mass is 456 g/mol. The number of nitro groups is 1. The number of para-hydroxylation sites is 1. The Morgan fingerprint density at radius 2 is 1.82 bits per heavy atom. The van der Waals surface area contributed by atoms with Crippen LogP contribution in [0.15, 0.2) is 73.1 Å². The molecule has 0 saturated carbocycles. The molecular weight excluding hydrogens is 439 g/mol. The maximum absolute atomic E-state index is 14.0. The molecule has 0 atom stereocenters. The number of anilines is 2. The van der Waals surface area contributed by atoms with E-state index in [0.29, 0.717) is 5.82 Å².